The van der Waals surface area contributed by atoms with E-state index in [-0.39, 0.29) is 12.5 Å². The molecule has 0 saturated heterocycles. The SMILES string of the molecule is C=CC(CCO)COc1ccc(-c2ccc(Br)cc2)cc1. The second-order valence-electron chi connectivity index (χ2n) is 4.85. The van der Waals surface area contributed by atoms with Crippen molar-refractivity contribution in [1.29, 1.82) is 0 Å². The number of aliphatic hydroxyl groups excluding tert-OH is 1. The molecule has 0 saturated carbocycles. The van der Waals surface area contributed by atoms with E-state index in [1.807, 2.05) is 42.5 Å². The Labute approximate surface area is 134 Å². The lowest BCUT2D eigenvalue weighted by Crippen LogP contribution is -2.11. The van der Waals surface area contributed by atoms with Gasteiger partial charge in [0.25, 0.3) is 0 Å². The molecule has 2 rings (SSSR count). The van der Waals surface area contributed by atoms with Gasteiger partial charge in [0, 0.05) is 17.0 Å². The smallest absolute Gasteiger partial charge is 0.119 e. The van der Waals surface area contributed by atoms with Crippen molar-refractivity contribution in [2.75, 3.05) is 13.2 Å². The molecular weight excluding hydrogens is 328 g/mol. The lowest BCUT2D eigenvalue weighted by Gasteiger charge is -2.13. The molecular formula is C18H19BrO2. The van der Waals surface area contributed by atoms with Crippen LogP contribution in [0.1, 0.15) is 6.42 Å². The maximum absolute atomic E-state index is 8.94. The van der Waals surface area contributed by atoms with Crippen molar-refractivity contribution in [1.82, 2.24) is 0 Å². The molecule has 0 radical (unpaired) electrons. The van der Waals surface area contributed by atoms with Gasteiger partial charge in [0.05, 0.1) is 6.61 Å². The Morgan fingerprint density at radius 1 is 1.05 bits per heavy atom. The first-order chi connectivity index (χ1) is 10.2. The third-order valence-electron chi connectivity index (χ3n) is 3.33. The fraction of sp³-hybridized carbons (Fsp3) is 0.222. The number of hydrogen-bond donors (Lipinski definition) is 1. The molecule has 0 amide bonds. The Morgan fingerprint density at radius 3 is 2.14 bits per heavy atom. The molecule has 21 heavy (non-hydrogen) atoms. The van der Waals surface area contributed by atoms with Gasteiger partial charge in [-0.15, -0.1) is 6.58 Å². The van der Waals surface area contributed by atoms with Crippen molar-refractivity contribution in [3.63, 3.8) is 0 Å². The Bertz CT molecular complexity index is 561. The van der Waals surface area contributed by atoms with Gasteiger partial charge < -0.3 is 9.84 Å². The molecule has 0 aliphatic carbocycles. The van der Waals surface area contributed by atoms with Crippen LogP contribution in [0, 0.1) is 5.92 Å². The van der Waals surface area contributed by atoms with Gasteiger partial charge in [0.15, 0.2) is 0 Å². The van der Waals surface area contributed by atoms with E-state index < -0.39 is 0 Å². The third kappa shape index (κ3) is 4.73. The van der Waals surface area contributed by atoms with Crippen molar-refractivity contribution in [2.24, 2.45) is 5.92 Å². The van der Waals surface area contributed by atoms with Gasteiger partial charge in [-0.05, 0) is 41.8 Å². The standard InChI is InChI=1S/C18H19BrO2/c1-2-14(11-12-20)13-21-18-9-5-16(6-10-18)15-3-7-17(19)8-4-15/h2-10,14,20H,1,11-13H2. The van der Waals surface area contributed by atoms with Gasteiger partial charge in [-0.3, -0.25) is 0 Å². The molecule has 2 aromatic carbocycles. The number of ether oxygens (including phenoxy) is 1. The van der Waals surface area contributed by atoms with E-state index in [1.54, 1.807) is 0 Å². The Balaban J connectivity index is 1.98. The van der Waals surface area contributed by atoms with Crippen LogP contribution in [0.2, 0.25) is 0 Å². The van der Waals surface area contributed by atoms with Crippen molar-refractivity contribution in [2.45, 2.75) is 6.42 Å². The number of rotatable bonds is 7. The highest BCUT2D eigenvalue weighted by atomic mass is 79.9. The molecule has 0 aliphatic heterocycles. The average molecular weight is 347 g/mol. The van der Waals surface area contributed by atoms with Gasteiger partial charge in [0.2, 0.25) is 0 Å². The summed E-state index contributed by atoms with van der Waals surface area (Å²) in [5.74, 6) is 1.02. The topological polar surface area (TPSA) is 29.5 Å². The fourth-order valence-electron chi connectivity index (χ4n) is 2.02. The van der Waals surface area contributed by atoms with Crippen LogP contribution in [0.4, 0.5) is 0 Å². The molecule has 0 aliphatic rings. The summed E-state index contributed by atoms with van der Waals surface area (Å²) in [5, 5.41) is 8.94. The van der Waals surface area contributed by atoms with Crippen LogP contribution in [-0.4, -0.2) is 18.3 Å². The zero-order chi connectivity index (χ0) is 15.1. The van der Waals surface area contributed by atoms with Crippen LogP contribution in [0.15, 0.2) is 65.7 Å². The zero-order valence-corrected chi connectivity index (χ0v) is 13.4. The van der Waals surface area contributed by atoms with Crippen molar-refractivity contribution in [3.05, 3.63) is 65.7 Å². The number of halogens is 1. The lowest BCUT2D eigenvalue weighted by molar-refractivity contribution is 0.221. The maximum atomic E-state index is 8.94. The molecule has 0 heterocycles. The molecule has 1 atom stereocenters. The molecule has 2 nitrogen and oxygen atoms in total. The van der Waals surface area contributed by atoms with Gasteiger partial charge in [-0.2, -0.15) is 0 Å². The number of benzene rings is 2. The normalized spacial score (nSPS) is 11.9. The molecule has 1 unspecified atom stereocenters. The lowest BCUT2D eigenvalue weighted by atomic mass is 10.1. The van der Waals surface area contributed by atoms with Crippen LogP contribution < -0.4 is 4.74 Å². The second-order valence-corrected chi connectivity index (χ2v) is 5.77. The minimum absolute atomic E-state index is 0.155. The van der Waals surface area contributed by atoms with E-state index in [4.69, 9.17) is 9.84 Å². The predicted molar refractivity (Wildman–Crippen MR) is 90.5 cm³/mol. The van der Waals surface area contributed by atoms with Crippen LogP contribution >= 0.6 is 15.9 Å². The molecule has 0 fully saturated rings. The van der Waals surface area contributed by atoms with Crippen molar-refractivity contribution in [3.8, 4) is 16.9 Å². The molecule has 1 N–H and O–H groups in total. The minimum Gasteiger partial charge on any atom is -0.493 e. The second kappa shape index (κ2) is 8.01. The Kier molecular flexibility index (Phi) is 6.03. The van der Waals surface area contributed by atoms with Gasteiger partial charge >= 0.3 is 0 Å². The Hall–Kier alpha value is -1.58. The first-order valence-corrected chi connectivity index (χ1v) is 7.74. The summed E-state index contributed by atoms with van der Waals surface area (Å²) in [6.07, 6.45) is 2.51. The summed E-state index contributed by atoms with van der Waals surface area (Å²) in [6.45, 7) is 4.46. The first-order valence-electron chi connectivity index (χ1n) is 6.95. The van der Waals surface area contributed by atoms with E-state index >= 15 is 0 Å². The van der Waals surface area contributed by atoms with E-state index in [2.05, 4.69) is 34.6 Å². The maximum Gasteiger partial charge on any atom is 0.119 e. The molecule has 3 heteroatoms. The Morgan fingerprint density at radius 2 is 1.62 bits per heavy atom. The third-order valence-corrected chi connectivity index (χ3v) is 3.86. The van der Waals surface area contributed by atoms with E-state index in [0.29, 0.717) is 13.0 Å². The van der Waals surface area contributed by atoms with Crippen molar-refractivity contribution < 1.29 is 9.84 Å². The first kappa shape index (κ1) is 15.8. The molecule has 0 bridgehead atoms. The monoisotopic (exact) mass is 346 g/mol. The molecule has 0 spiro atoms. The zero-order valence-electron chi connectivity index (χ0n) is 11.8. The number of hydrogen-bond acceptors (Lipinski definition) is 2. The summed E-state index contributed by atoms with van der Waals surface area (Å²) in [4.78, 5) is 0. The van der Waals surface area contributed by atoms with Crippen LogP contribution in [0.5, 0.6) is 5.75 Å². The summed E-state index contributed by atoms with van der Waals surface area (Å²) in [5.41, 5.74) is 2.33. The highest BCUT2D eigenvalue weighted by Crippen LogP contribution is 2.24. The fourth-order valence-corrected chi connectivity index (χ4v) is 2.29. The van der Waals surface area contributed by atoms with E-state index in [0.717, 1.165) is 15.8 Å². The van der Waals surface area contributed by atoms with Gasteiger partial charge in [-0.25, -0.2) is 0 Å². The van der Waals surface area contributed by atoms with E-state index in [9.17, 15) is 0 Å². The minimum atomic E-state index is 0.155. The summed E-state index contributed by atoms with van der Waals surface area (Å²) in [7, 11) is 0. The van der Waals surface area contributed by atoms with Crippen molar-refractivity contribution >= 4 is 15.9 Å². The molecule has 2 aromatic rings. The largest absolute Gasteiger partial charge is 0.493 e. The quantitative estimate of drug-likeness (QED) is 0.737. The van der Waals surface area contributed by atoms with Crippen LogP contribution in [0.25, 0.3) is 11.1 Å². The predicted octanol–water partition coefficient (Wildman–Crippen LogP) is 4.68. The van der Waals surface area contributed by atoms with E-state index in [1.165, 1.54) is 5.56 Å². The highest BCUT2D eigenvalue weighted by Gasteiger charge is 2.05. The molecule has 0 aromatic heterocycles. The summed E-state index contributed by atoms with van der Waals surface area (Å²) >= 11 is 3.44. The van der Waals surface area contributed by atoms with Crippen LogP contribution in [0.3, 0.4) is 0 Å². The number of aliphatic hydroxyl groups is 1. The summed E-state index contributed by atoms with van der Waals surface area (Å²) < 4.78 is 6.81. The molecule has 110 valence electrons. The van der Waals surface area contributed by atoms with Gasteiger partial charge in [-0.1, -0.05) is 46.3 Å². The van der Waals surface area contributed by atoms with Gasteiger partial charge in [0.1, 0.15) is 5.75 Å². The summed E-state index contributed by atoms with van der Waals surface area (Å²) in [6, 6.07) is 16.3. The highest BCUT2D eigenvalue weighted by molar-refractivity contribution is 9.10. The van der Waals surface area contributed by atoms with Crippen LogP contribution in [-0.2, 0) is 0 Å². The average Bonchev–Trinajstić information content (AvgIpc) is 2.53.